The van der Waals surface area contributed by atoms with Gasteiger partial charge in [0.25, 0.3) is 0 Å². The number of allylic oxidation sites excluding steroid dienone is 4. The van der Waals surface area contributed by atoms with E-state index in [1.165, 1.54) is 12.1 Å². The van der Waals surface area contributed by atoms with Crippen molar-refractivity contribution in [1.82, 2.24) is 19.8 Å². The largest absolute Gasteiger partial charge is 0.501 e. The van der Waals surface area contributed by atoms with Gasteiger partial charge >= 0.3 is 6.18 Å². The summed E-state index contributed by atoms with van der Waals surface area (Å²) < 4.78 is 44.0. The molecule has 1 aromatic heterocycles. The van der Waals surface area contributed by atoms with E-state index in [1.807, 2.05) is 24.0 Å². The predicted octanol–water partition coefficient (Wildman–Crippen LogP) is 5.81. The third kappa shape index (κ3) is 6.00. The van der Waals surface area contributed by atoms with Crippen molar-refractivity contribution in [3.05, 3.63) is 64.8 Å². The lowest BCUT2D eigenvalue weighted by atomic mass is 10.0. The molecule has 1 amide bonds. The van der Waals surface area contributed by atoms with Gasteiger partial charge in [-0.25, -0.2) is 4.98 Å². The fourth-order valence-corrected chi connectivity index (χ4v) is 5.02. The van der Waals surface area contributed by atoms with Crippen LogP contribution in [0.25, 0.3) is 11.4 Å². The molecule has 0 spiro atoms. The van der Waals surface area contributed by atoms with Crippen LogP contribution in [-0.2, 0) is 22.3 Å². The van der Waals surface area contributed by atoms with Crippen LogP contribution >= 0.6 is 0 Å². The first-order chi connectivity index (χ1) is 17.2. The summed E-state index contributed by atoms with van der Waals surface area (Å²) in [5.41, 5.74) is 2.79. The molecule has 0 unspecified atom stereocenters. The molecule has 0 atom stereocenters. The van der Waals surface area contributed by atoms with Crippen LogP contribution in [0.3, 0.4) is 0 Å². The van der Waals surface area contributed by atoms with Gasteiger partial charge in [-0.2, -0.15) is 13.2 Å². The van der Waals surface area contributed by atoms with Gasteiger partial charge in [-0.3, -0.25) is 9.69 Å². The first-order valence-electron chi connectivity index (χ1n) is 12.3. The number of nitrogens with one attached hydrogen (secondary N) is 1. The van der Waals surface area contributed by atoms with E-state index in [1.54, 1.807) is 14.0 Å². The van der Waals surface area contributed by atoms with E-state index in [0.717, 1.165) is 80.2 Å². The Hall–Kier alpha value is -3.07. The number of imidazole rings is 1. The molecule has 1 saturated heterocycles. The predicted molar refractivity (Wildman–Crippen MR) is 132 cm³/mol. The second-order valence-electron chi connectivity index (χ2n) is 9.48. The van der Waals surface area contributed by atoms with Crippen LogP contribution in [0.4, 0.5) is 13.2 Å². The monoisotopic (exact) mass is 502 g/mol. The van der Waals surface area contributed by atoms with Gasteiger partial charge in [-0.1, -0.05) is 12.1 Å². The summed E-state index contributed by atoms with van der Waals surface area (Å²) in [6.45, 7) is 5.89. The van der Waals surface area contributed by atoms with Crippen molar-refractivity contribution in [3.8, 4) is 11.4 Å². The molecular formula is C27H33F3N4O2. The van der Waals surface area contributed by atoms with E-state index in [9.17, 15) is 18.0 Å². The Morgan fingerprint density at radius 3 is 2.47 bits per heavy atom. The number of methoxy groups -OCH3 is 1. The minimum Gasteiger partial charge on any atom is -0.501 e. The van der Waals surface area contributed by atoms with E-state index < -0.39 is 11.7 Å². The lowest BCUT2D eigenvalue weighted by Gasteiger charge is -2.39. The fourth-order valence-electron chi connectivity index (χ4n) is 5.02. The van der Waals surface area contributed by atoms with Gasteiger partial charge in [0.05, 0.1) is 24.1 Å². The van der Waals surface area contributed by atoms with E-state index >= 15 is 0 Å². The van der Waals surface area contributed by atoms with Crippen molar-refractivity contribution < 1.29 is 22.7 Å². The minimum atomic E-state index is -4.36. The highest BCUT2D eigenvalue weighted by atomic mass is 19.4. The van der Waals surface area contributed by atoms with Gasteiger partial charge in [0.1, 0.15) is 5.82 Å². The molecule has 1 aromatic carbocycles. The van der Waals surface area contributed by atoms with Gasteiger partial charge < -0.3 is 14.6 Å². The number of ether oxygens (including phenoxy) is 1. The van der Waals surface area contributed by atoms with Crippen molar-refractivity contribution in [2.45, 2.75) is 64.7 Å². The molecule has 2 aromatic rings. The molecule has 1 aliphatic heterocycles. The molecule has 194 valence electrons. The molecule has 9 heteroatoms. The number of aryl methyl sites for hydroxylation is 1. The second kappa shape index (κ2) is 10.9. The number of hydrogen-bond acceptors (Lipinski definition) is 4. The SMILES string of the molecule is COC1=CC=C(N(C(C)=O)C2CCN(Cc3nc(-c4ccc(C(F)(F)F)cc4)[nH]c3C)CC2)CCC1. The molecule has 2 heterocycles. The number of halogens is 3. The van der Waals surface area contributed by atoms with Crippen molar-refractivity contribution in [3.63, 3.8) is 0 Å². The van der Waals surface area contributed by atoms with Crippen LogP contribution in [-0.4, -0.2) is 51.9 Å². The molecule has 4 rings (SSSR count). The van der Waals surface area contributed by atoms with Gasteiger partial charge in [0.2, 0.25) is 5.91 Å². The lowest BCUT2D eigenvalue weighted by molar-refractivity contribution is -0.137. The van der Waals surface area contributed by atoms with Crippen molar-refractivity contribution in [1.29, 1.82) is 0 Å². The Labute approximate surface area is 209 Å². The molecule has 1 fully saturated rings. The number of aromatic nitrogens is 2. The van der Waals surface area contributed by atoms with E-state index in [4.69, 9.17) is 4.74 Å². The number of benzene rings is 1. The van der Waals surface area contributed by atoms with Crippen LogP contribution in [0.2, 0.25) is 0 Å². The second-order valence-corrected chi connectivity index (χ2v) is 9.48. The van der Waals surface area contributed by atoms with Crippen molar-refractivity contribution in [2.24, 2.45) is 0 Å². The Balaban J connectivity index is 1.39. The highest BCUT2D eigenvalue weighted by Crippen LogP contribution is 2.31. The fraction of sp³-hybridized carbons (Fsp3) is 0.481. The summed E-state index contributed by atoms with van der Waals surface area (Å²) in [5.74, 6) is 1.57. The topological polar surface area (TPSA) is 61.5 Å². The Morgan fingerprint density at radius 1 is 1.17 bits per heavy atom. The summed E-state index contributed by atoms with van der Waals surface area (Å²) in [6.07, 6.45) is 4.05. The highest BCUT2D eigenvalue weighted by Gasteiger charge is 2.31. The average Bonchev–Trinajstić information content (AvgIpc) is 3.05. The Morgan fingerprint density at radius 2 is 1.86 bits per heavy atom. The summed E-state index contributed by atoms with van der Waals surface area (Å²) in [7, 11) is 1.68. The molecule has 6 nitrogen and oxygen atoms in total. The number of H-pyrrole nitrogens is 1. The van der Waals surface area contributed by atoms with E-state index in [0.29, 0.717) is 17.9 Å². The molecule has 0 radical (unpaired) electrons. The first-order valence-corrected chi connectivity index (χ1v) is 12.3. The maximum atomic E-state index is 12.9. The van der Waals surface area contributed by atoms with Crippen molar-refractivity contribution >= 4 is 5.91 Å². The number of piperidine rings is 1. The zero-order chi connectivity index (χ0) is 25.9. The number of alkyl halides is 3. The number of rotatable bonds is 6. The third-order valence-corrected chi connectivity index (χ3v) is 7.00. The maximum Gasteiger partial charge on any atom is 0.416 e. The van der Waals surface area contributed by atoms with Crippen LogP contribution in [0, 0.1) is 6.92 Å². The van der Waals surface area contributed by atoms with E-state index in [-0.39, 0.29) is 11.9 Å². The van der Waals surface area contributed by atoms with Gasteiger partial charge in [0.15, 0.2) is 0 Å². The summed E-state index contributed by atoms with van der Waals surface area (Å²) in [4.78, 5) is 24.8. The first kappa shape index (κ1) is 26.0. The quantitative estimate of drug-likeness (QED) is 0.541. The van der Waals surface area contributed by atoms with Crippen LogP contribution in [0.1, 0.15) is 56.0 Å². The molecule has 0 saturated carbocycles. The number of hydrogen-bond donors (Lipinski definition) is 1. The number of likely N-dealkylation sites (tertiary alicyclic amines) is 1. The number of amides is 1. The number of nitrogens with zero attached hydrogens (tertiary/aromatic N) is 3. The van der Waals surface area contributed by atoms with Gasteiger partial charge in [0, 0.05) is 56.0 Å². The smallest absolute Gasteiger partial charge is 0.416 e. The van der Waals surface area contributed by atoms with Gasteiger partial charge in [-0.15, -0.1) is 0 Å². The summed E-state index contributed by atoms with van der Waals surface area (Å²) in [6, 6.07) is 5.20. The number of carbonyl (C=O) groups is 1. The standard InChI is InChI=1S/C27H33F3N4O2/c1-18-25(32-26(31-18)20-7-9-21(10-8-20)27(28,29)30)17-33-15-13-23(14-16-33)34(19(2)35)22-5-4-6-24(36-3)12-11-22/h7-12,23H,4-6,13-17H2,1-3H3,(H,31,32). The zero-order valence-corrected chi connectivity index (χ0v) is 21.0. The molecule has 1 N–H and O–H groups in total. The molecule has 1 aliphatic carbocycles. The highest BCUT2D eigenvalue weighted by molar-refractivity contribution is 5.76. The maximum absolute atomic E-state index is 12.9. The Kier molecular flexibility index (Phi) is 7.88. The summed E-state index contributed by atoms with van der Waals surface area (Å²) in [5, 5.41) is 0. The van der Waals surface area contributed by atoms with Crippen LogP contribution in [0.15, 0.2) is 47.9 Å². The molecule has 36 heavy (non-hydrogen) atoms. The lowest BCUT2D eigenvalue weighted by Crippen LogP contribution is -2.46. The van der Waals surface area contributed by atoms with Crippen LogP contribution in [0.5, 0.6) is 0 Å². The zero-order valence-electron chi connectivity index (χ0n) is 21.0. The van der Waals surface area contributed by atoms with Gasteiger partial charge in [-0.05, 0) is 56.9 Å². The minimum absolute atomic E-state index is 0.0679. The van der Waals surface area contributed by atoms with E-state index in [2.05, 4.69) is 14.9 Å². The normalized spacial score (nSPS) is 17.8. The number of aromatic amines is 1. The van der Waals surface area contributed by atoms with Crippen LogP contribution < -0.4 is 0 Å². The molecule has 2 aliphatic rings. The Bertz CT molecular complexity index is 1130. The molecule has 0 bridgehead atoms. The summed E-state index contributed by atoms with van der Waals surface area (Å²) >= 11 is 0. The average molecular weight is 503 g/mol. The van der Waals surface area contributed by atoms with Crippen molar-refractivity contribution in [2.75, 3.05) is 20.2 Å². The third-order valence-electron chi connectivity index (χ3n) is 7.00. The number of carbonyl (C=O) groups excluding carboxylic acids is 1. The molecular weight excluding hydrogens is 469 g/mol.